The Hall–Kier alpha value is -0.810. The molecule has 0 spiro atoms. The zero-order chi connectivity index (χ0) is 13.9. The molecule has 2 fully saturated rings. The standard InChI is InChI=1S/C14H26N2O3/c1-14(2,3)19-13(17)16-9-10-4-5-12-11(8-10)15-6-7-18-12/h10-12,15H,4-9H2,1-3H3,(H,16,17). The van der Waals surface area contributed by atoms with Gasteiger partial charge in [-0.15, -0.1) is 0 Å². The van der Waals surface area contributed by atoms with E-state index in [0.29, 0.717) is 24.6 Å². The van der Waals surface area contributed by atoms with E-state index in [1.54, 1.807) is 0 Å². The van der Waals surface area contributed by atoms with Crippen LogP contribution >= 0.6 is 0 Å². The lowest BCUT2D eigenvalue weighted by atomic mass is 9.83. The van der Waals surface area contributed by atoms with Gasteiger partial charge in [0.1, 0.15) is 5.60 Å². The third-order valence-corrected chi connectivity index (χ3v) is 3.67. The highest BCUT2D eigenvalue weighted by Crippen LogP contribution is 2.27. The van der Waals surface area contributed by atoms with Crippen molar-refractivity contribution in [3.63, 3.8) is 0 Å². The highest BCUT2D eigenvalue weighted by molar-refractivity contribution is 5.67. The number of morpholine rings is 1. The molecule has 0 aromatic heterocycles. The van der Waals surface area contributed by atoms with Crippen LogP contribution in [0.2, 0.25) is 0 Å². The summed E-state index contributed by atoms with van der Waals surface area (Å²) >= 11 is 0. The molecule has 3 unspecified atom stereocenters. The Morgan fingerprint density at radius 3 is 2.95 bits per heavy atom. The second kappa shape index (κ2) is 6.09. The quantitative estimate of drug-likeness (QED) is 0.801. The Morgan fingerprint density at radius 1 is 1.42 bits per heavy atom. The molecule has 2 rings (SSSR count). The van der Waals surface area contributed by atoms with Crippen molar-refractivity contribution < 1.29 is 14.3 Å². The van der Waals surface area contributed by atoms with Crippen molar-refractivity contribution in [3.05, 3.63) is 0 Å². The SMILES string of the molecule is CC(C)(C)OC(=O)NCC1CCC2OCCNC2C1. The lowest BCUT2D eigenvalue weighted by Gasteiger charge is -2.39. The number of carbonyl (C=O) groups is 1. The number of ether oxygens (including phenoxy) is 2. The molecule has 2 N–H and O–H groups in total. The van der Waals surface area contributed by atoms with Gasteiger partial charge in [0.2, 0.25) is 0 Å². The van der Waals surface area contributed by atoms with Gasteiger partial charge < -0.3 is 20.1 Å². The van der Waals surface area contributed by atoms with E-state index in [0.717, 1.165) is 32.4 Å². The average molecular weight is 270 g/mol. The normalized spacial score (nSPS) is 31.4. The molecule has 1 saturated carbocycles. The van der Waals surface area contributed by atoms with Gasteiger partial charge in [-0.2, -0.15) is 0 Å². The topological polar surface area (TPSA) is 59.6 Å². The van der Waals surface area contributed by atoms with Gasteiger partial charge >= 0.3 is 6.09 Å². The van der Waals surface area contributed by atoms with E-state index >= 15 is 0 Å². The molecule has 0 radical (unpaired) electrons. The van der Waals surface area contributed by atoms with Gasteiger partial charge in [0, 0.05) is 19.1 Å². The second-order valence-electron chi connectivity index (χ2n) is 6.53. The van der Waals surface area contributed by atoms with Gasteiger partial charge in [-0.25, -0.2) is 4.79 Å². The molecule has 0 aromatic carbocycles. The molecule has 0 bridgehead atoms. The fourth-order valence-corrected chi connectivity index (χ4v) is 2.83. The Labute approximate surface area is 115 Å². The third kappa shape index (κ3) is 4.66. The van der Waals surface area contributed by atoms with Crippen molar-refractivity contribution in [1.82, 2.24) is 10.6 Å². The van der Waals surface area contributed by atoms with E-state index in [4.69, 9.17) is 9.47 Å². The first-order valence-corrected chi connectivity index (χ1v) is 7.26. The maximum absolute atomic E-state index is 11.6. The van der Waals surface area contributed by atoms with E-state index in [9.17, 15) is 4.79 Å². The number of hydrogen-bond acceptors (Lipinski definition) is 4. The van der Waals surface area contributed by atoms with Gasteiger partial charge in [-0.05, 0) is 46.0 Å². The van der Waals surface area contributed by atoms with Crippen LogP contribution in [0.4, 0.5) is 4.79 Å². The molecule has 1 aliphatic heterocycles. The first-order valence-electron chi connectivity index (χ1n) is 7.26. The van der Waals surface area contributed by atoms with Crippen LogP contribution in [0.5, 0.6) is 0 Å². The van der Waals surface area contributed by atoms with Crippen LogP contribution in [0, 0.1) is 5.92 Å². The van der Waals surface area contributed by atoms with E-state index in [-0.39, 0.29) is 6.09 Å². The summed E-state index contributed by atoms with van der Waals surface area (Å²) in [6, 6.07) is 0.452. The summed E-state index contributed by atoms with van der Waals surface area (Å²) < 4.78 is 11.0. The first-order chi connectivity index (χ1) is 8.94. The minimum absolute atomic E-state index is 0.317. The second-order valence-corrected chi connectivity index (χ2v) is 6.53. The fraction of sp³-hybridized carbons (Fsp3) is 0.929. The first kappa shape index (κ1) is 14.6. The Morgan fingerprint density at radius 2 is 2.21 bits per heavy atom. The van der Waals surface area contributed by atoms with Crippen LogP contribution in [-0.4, -0.2) is 43.5 Å². The Bertz CT molecular complexity index is 314. The molecule has 5 heteroatoms. The molecule has 0 aromatic rings. The van der Waals surface area contributed by atoms with E-state index < -0.39 is 5.60 Å². The number of alkyl carbamates (subject to hydrolysis) is 1. The van der Waals surface area contributed by atoms with Crippen molar-refractivity contribution in [1.29, 1.82) is 0 Å². The van der Waals surface area contributed by atoms with Crippen LogP contribution in [0.3, 0.4) is 0 Å². The molecule has 5 nitrogen and oxygen atoms in total. The van der Waals surface area contributed by atoms with Crippen molar-refractivity contribution >= 4 is 6.09 Å². The zero-order valence-corrected chi connectivity index (χ0v) is 12.2. The summed E-state index contributed by atoms with van der Waals surface area (Å²) in [5, 5.41) is 6.38. The highest BCUT2D eigenvalue weighted by atomic mass is 16.6. The molecule has 3 atom stereocenters. The largest absolute Gasteiger partial charge is 0.444 e. The van der Waals surface area contributed by atoms with Gasteiger partial charge in [0.25, 0.3) is 0 Å². The van der Waals surface area contributed by atoms with Crippen LogP contribution in [0.15, 0.2) is 0 Å². The number of fused-ring (bicyclic) bond motifs is 1. The molecular formula is C14H26N2O3. The van der Waals surface area contributed by atoms with Crippen molar-refractivity contribution in [2.45, 2.75) is 57.8 Å². The molecular weight excluding hydrogens is 244 g/mol. The summed E-state index contributed by atoms with van der Waals surface area (Å²) in [7, 11) is 0. The van der Waals surface area contributed by atoms with Crippen molar-refractivity contribution in [2.24, 2.45) is 5.92 Å². The lowest BCUT2D eigenvalue weighted by Crippen LogP contribution is -2.52. The summed E-state index contributed by atoms with van der Waals surface area (Å²) in [6.07, 6.45) is 3.31. The van der Waals surface area contributed by atoms with E-state index in [1.165, 1.54) is 0 Å². The lowest BCUT2D eigenvalue weighted by molar-refractivity contribution is -0.0341. The number of amides is 1. The Balaban J connectivity index is 1.70. The molecule has 110 valence electrons. The van der Waals surface area contributed by atoms with Gasteiger partial charge in [-0.1, -0.05) is 0 Å². The molecule has 1 saturated heterocycles. The van der Waals surface area contributed by atoms with E-state index in [1.807, 2.05) is 20.8 Å². The zero-order valence-electron chi connectivity index (χ0n) is 12.2. The van der Waals surface area contributed by atoms with Gasteiger partial charge in [0.05, 0.1) is 12.7 Å². The molecule has 1 amide bonds. The fourth-order valence-electron chi connectivity index (χ4n) is 2.83. The van der Waals surface area contributed by atoms with Crippen molar-refractivity contribution in [2.75, 3.05) is 19.7 Å². The Kier molecular flexibility index (Phi) is 4.68. The summed E-state index contributed by atoms with van der Waals surface area (Å²) in [4.78, 5) is 11.6. The summed E-state index contributed by atoms with van der Waals surface area (Å²) in [5.41, 5.74) is -0.430. The predicted octanol–water partition coefficient (Wildman–Crippen LogP) is 1.67. The third-order valence-electron chi connectivity index (χ3n) is 3.67. The smallest absolute Gasteiger partial charge is 0.407 e. The number of hydrogen-bond donors (Lipinski definition) is 2. The van der Waals surface area contributed by atoms with E-state index in [2.05, 4.69) is 10.6 Å². The van der Waals surface area contributed by atoms with Gasteiger partial charge in [0.15, 0.2) is 0 Å². The molecule has 1 heterocycles. The maximum Gasteiger partial charge on any atom is 0.407 e. The van der Waals surface area contributed by atoms with Crippen LogP contribution < -0.4 is 10.6 Å². The predicted molar refractivity (Wildman–Crippen MR) is 73.1 cm³/mol. The molecule has 19 heavy (non-hydrogen) atoms. The van der Waals surface area contributed by atoms with Crippen LogP contribution in [0.25, 0.3) is 0 Å². The maximum atomic E-state index is 11.6. The van der Waals surface area contributed by atoms with Crippen LogP contribution in [0.1, 0.15) is 40.0 Å². The van der Waals surface area contributed by atoms with Gasteiger partial charge in [-0.3, -0.25) is 0 Å². The molecule has 1 aliphatic carbocycles. The van der Waals surface area contributed by atoms with Crippen molar-refractivity contribution in [3.8, 4) is 0 Å². The number of rotatable bonds is 2. The summed E-state index contributed by atoms with van der Waals surface area (Å²) in [6.45, 7) is 8.08. The molecule has 2 aliphatic rings. The van der Waals surface area contributed by atoms with Crippen LogP contribution in [-0.2, 0) is 9.47 Å². The number of nitrogens with one attached hydrogen (secondary N) is 2. The average Bonchev–Trinajstić information content (AvgIpc) is 2.34. The minimum atomic E-state index is -0.430. The minimum Gasteiger partial charge on any atom is -0.444 e. The summed E-state index contributed by atoms with van der Waals surface area (Å²) in [5.74, 6) is 0.517. The monoisotopic (exact) mass is 270 g/mol. The number of carbonyl (C=O) groups excluding carboxylic acids is 1. The highest BCUT2D eigenvalue weighted by Gasteiger charge is 2.33.